The van der Waals surface area contributed by atoms with Crippen molar-refractivity contribution in [2.45, 2.75) is 13.3 Å². The lowest BCUT2D eigenvalue weighted by molar-refractivity contribution is -0.141. The Balaban J connectivity index is 2.55. The van der Waals surface area contributed by atoms with Crippen molar-refractivity contribution in [3.63, 3.8) is 0 Å². The van der Waals surface area contributed by atoms with Gasteiger partial charge in [-0.3, -0.25) is 9.59 Å². The van der Waals surface area contributed by atoms with Crippen LogP contribution in [0.1, 0.15) is 23.7 Å². The first-order chi connectivity index (χ1) is 8.41. The molecule has 0 aromatic carbocycles. The first-order valence-electron chi connectivity index (χ1n) is 5.24. The molecule has 0 aliphatic rings. The molecule has 1 heterocycles. The van der Waals surface area contributed by atoms with E-state index in [-0.39, 0.29) is 23.2 Å². The molecule has 1 aromatic heterocycles. The average molecular weight is 336 g/mol. The second kappa shape index (κ2) is 6.70. The normalized spacial score (nSPS) is 11.9. The van der Waals surface area contributed by atoms with E-state index in [2.05, 4.69) is 26.2 Å². The molecule has 0 saturated carbocycles. The first kappa shape index (κ1) is 14.9. The largest absolute Gasteiger partial charge is 0.481 e. The van der Waals surface area contributed by atoms with E-state index >= 15 is 0 Å². The lowest BCUT2D eigenvalue weighted by Gasteiger charge is -2.08. The van der Waals surface area contributed by atoms with Crippen molar-refractivity contribution in [3.05, 3.63) is 27.5 Å². The Morgan fingerprint density at radius 2 is 2.28 bits per heavy atom. The van der Waals surface area contributed by atoms with Gasteiger partial charge in [0.2, 0.25) is 0 Å². The first-order valence-corrected chi connectivity index (χ1v) is 6.41. The maximum absolute atomic E-state index is 11.8. The van der Waals surface area contributed by atoms with Crippen LogP contribution in [0.3, 0.4) is 0 Å². The lowest BCUT2D eigenvalue weighted by Crippen LogP contribution is -2.27. The Morgan fingerprint density at radius 1 is 1.61 bits per heavy atom. The molecule has 0 fully saturated rings. The smallest absolute Gasteiger partial charge is 0.306 e. The Labute approximate surface area is 118 Å². The maximum atomic E-state index is 11.8. The molecule has 1 unspecified atom stereocenters. The number of nitrogens with one attached hydrogen (secondary N) is 1. The lowest BCUT2D eigenvalue weighted by atomic mass is 10.1. The number of halogens is 2. The van der Waals surface area contributed by atoms with Gasteiger partial charge in [0, 0.05) is 17.2 Å². The molecule has 0 bridgehead atoms. The Morgan fingerprint density at radius 3 is 2.89 bits per heavy atom. The summed E-state index contributed by atoms with van der Waals surface area (Å²) in [4.78, 5) is 26.2. The third kappa shape index (κ3) is 4.27. The van der Waals surface area contributed by atoms with Gasteiger partial charge in [0.25, 0.3) is 5.91 Å². The van der Waals surface area contributed by atoms with E-state index in [1.54, 1.807) is 13.0 Å². The molecule has 1 amide bonds. The summed E-state index contributed by atoms with van der Waals surface area (Å²) < 4.78 is 0.649. The molecule has 98 valence electrons. The molecule has 1 atom stereocenters. The van der Waals surface area contributed by atoms with Gasteiger partial charge in [-0.25, -0.2) is 4.98 Å². The van der Waals surface area contributed by atoms with Crippen LogP contribution in [0.15, 0.2) is 16.7 Å². The Kier molecular flexibility index (Phi) is 5.55. The molecule has 0 radical (unpaired) electrons. The number of aliphatic carboxylic acids is 1. The molecule has 1 rings (SSSR count). The van der Waals surface area contributed by atoms with Crippen molar-refractivity contribution in [3.8, 4) is 0 Å². The highest BCUT2D eigenvalue weighted by Gasteiger charge is 2.14. The molecule has 0 aliphatic heterocycles. The van der Waals surface area contributed by atoms with Crippen molar-refractivity contribution < 1.29 is 14.7 Å². The van der Waals surface area contributed by atoms with E-state index in [4.69, 9.17) is 16.7 Å². The van der Waals surface area contributed by atoms with Crippen LogP contribution in [0.4, 0.5) is 0 Å². The van der Waals surface area contributed by atoms with Gasteiger partial charge in [0.15, 0.2) is 0 Å². The maximum Gasteiger partial charge on any atom is 0.306 e. The number of amides is 1. The third-order valence-corrected chi connectivity index (χ3v) is 3.07. The van der Waals surface area contributed by atoms with Gasteiger partial charge in [-0.2, -0.15) is 0 Å². The topological polar surface area (TPSA) is 79.3 Å². The van der Waals surface area contributed by atoms with E-state index < -0.39 is 11.9 Å². The second-order valence-electron chi connectivity index (χ2n) is 3.78. The van der Waals surface area contributed by atoms with Crippen molar-refractivity contribution in [2.75, 3.05) is 6.54 Å². The molecule has 0 aliphatic carbocycles. The minimum Gasteiger partial charge on any atom is -0.481 e. The van der Waals surface area contributed by atoms with E-state index in [1.807, 2.05) is 0 Å². The van der Waals surface area contributed by atoms with Crippen molar-refractivity contribution in [1.29, 1.82) is 0 Å². The van der Waals surface area contributed by atoms with Crippen LogP contribution < -0.4 is 5.32 Å². The van der Waals surface area contributed by atoms with Crippen LogP contribution in [-0.4, -0.2) is 28.5 Å². The number of carbonyl (C=O) groups is 2. The van der Waals surface area contributed by atoms with Crippen LogP contribution in [-0.2, 0) is 4.79 Å². The summed E-state index contributed by atoms with van der Waals surface area (Å²) in [5, 5.41) is 11.4. The van der Waals surface area contributed by atoms with E-state index in [9.17, 15) is 9.59 Å². The highest BCUT2D eigenvalue weighted by molar-refractivity contribution is 9.10. The number of hydrogen-bond donors (Lipinski definition) is 2. The van der Waals surface area contributed by atoms with Gasteiger partial charge in [-0.15, -0.1) is 0 Å². The molecule has 1 aromatic rings. The zero-order chi connectivity index (χ0) is 13.7. The molecular formula is C11H12BrClN2O3. The number of nitrogens with zero attached hydrogens (tertiary/aromatic N) is 1. The number of carboxylic acids is 1. The molecule has 0 spiro atoms. The van der Waals surface area contributed by atoms with Gasteiger partial charge < -0.3 is 10.4 Å². The van der Waals surface area contributed by atoms with Crippen molar-refractivity contribution in [2.24, 2.45) is 5.92 Å². The Hall–Kier alpha value is -1.14. The zero-order valence-corrected chi connectivity index (χ0v) is 12.0. The SMILES string of the molecule is CC(CCNC(=O)c1cc(Br)cnc1Cl)C(=O)O. The summed E-state index contributed by atoms with van der Waals surface area (Å²) >= 11 is 8.99. The average Bonchev–Trinajstić information content (AvgIpc) is 2.31. The van der Waals surface area contributed by atoms with Crippen LogP contribution in [0, 0.1) is 5.92 Å². The molecule has 7 heteroatoms. The van der Waals surface area contributed by atoms with E-state index in [1.165, 1.54) is 6.20 Å². The van der Waals surface area contributed by atoms with Gasteiger partial charge in [0.05, 0.1) is 11.5 Å². The fraction of sp³-hybridized carbons (Fsp3) is 0.364. The quantitative estimate of drug-likeness (QED) is 0.810. The number of rotatable bonds is 5. The highest BCUT2D eigenvalue weighted by atomic mass is 79.9. The van der Waals surface area contributed by atoms with Crippen LogP contribution in [0.5, 0.6) is 0 Å². The van der Waals surface area contributed by atoms with Crippen molar-refractivity contribution in [1.82, 2.24) is 10.3 Å². The van der Waals surface area contributed by atoms with Gasteiger partial charge >= 0.3 is 5.97 Å². The minimum atomic E-state index is -0.883. The second-order valence-corrected chi connectivity index (χ2v) is 5.05. The molecule has 2 N–H and O–H groups in total. The summed E-state index contributed by atoms with van der Waals surface area (Å²) in [5.74, 6) is -1.75. The summed E-state index contributed by atoms with van der Waals surface area (Å²) in [7, 11) is 0. The van der Waals surface area contributed by atoms with E-state index in [0.717, 1.165) is 0 Å². The fourth-order valence-corrected chi connectivity index (χ4v) is 1.72. The summed E-state index contributed by atoms with van der Waals surface area (Å²) in [6.45, 7) is 1.86. The molecule has 5 nitrogen and oxygen atoms in total. The number of aromatic nitrogens is 1. The number of carboxylic acid groups (broad SMARTS) is 1. The van der Waals surface area contributed by atoms with Crippen LogP contribution in [0.25, 0.3) is 0 Å². The summed E-state index contributed by atoms with van der Waals surface area (Å²) in [6.07, 6.45) is 1.85. The Bertz CT molecular complexity index is 468. The monoisotopic (exact) mass is 334 g/mol. The number of hydrogen-bond acceptors (Lipinski definition) is 3. The van der Waals surface area contributed by atoms with Crippen molar-refractivity contribution >= 4 is 39.4 Å². The number of carbonyl (C=O) groups excluding carboxylic acids is 1. The van der Waals surface area contributed by atoms with Crippen LogP contribution >= 0.6 is 27.5 Å². The summed E-state index contributed by atoms with van der Waals surface area (Å²) in [5.41, 5.74) is 0.258. The highest BCUT2D eigenvalue weighted by Crippen LogP contribution is 2.17. The molecule has 18 heavy (non-hydrogen) atoms. The predicted octanol–water partition coefficient (Wildman–Crippen LogP) is 2.34. The summed E-state index contributed by atoms with van der Waals surface area (Å²) in [6, 6.07) is 1.56. The molecular weight excluding hydrogens is 323 g/mol. The molecule has 0 saturated heterocycles. The standard InChI is InChI=1S/C11H12BrClN2O3/c1-6(11(17)18)2-3-14-10(16)8-4-7(12)5-15-9(8)13/h4-6H,2-3H2,1H3,(H,14,16)(H,17,18). The van der Waals surface area contributed by atoms with Crippen LogP contribution in [0.2, 0.25) is 5.15 Å². The fourth-order valence-electron chi connectivity index (χ4n) is 1.20. The zero-order valence-electron chi connectivity index (χ0n) is 9.61. The predicted molar refractivity (Wildman–Crippen MR) is 70.7 cm³/mol. The van der Waals surface area contributed by atoms with E-state index in [0.29, 0.717) is 10.9 Å². The van der Waals surface area contributed by atoms with Gasteiger partial charge in [-0.1, -0.05) is 18.5 Å². The third-order valence-electron chi connectivity index (χ3n) is 2.33. The van der Waals surface area contributed by atoms with Gasteiger partial charge in [-0.05, 0) is 28.4 Å². The number of pyridine rings is 1. The minimum absolute atomic E-state index is 0.113. The van der Waals surface area contributed by atoms with Gasteiger partial charge in [0.1, 0.15) is 5.15 Å².